The Kier molecular flexibility index (Phi) is 2.50. The van der Waals surface area contributed by atoms with Gasteiger partial charge in [0.15, 0.2) is 0 Å². The van der Waals surface area contributed by atoms with Gasteiger partial charge < -0.3 is 4.42 Å². The molecule has 3 aromatic carbocycles. The molecule has 5 aromatic rings. The molecule has 5 rings (SSSR count). The van der Waals surface area contributed by atoms with Crippen molar-refractivity contribution < 1.29 is 4.42 Å². The summed E-state index contributed by atoms with van der Waals surface area (Å²) >= 11 is 0. The lowest BCUT2D eigenvalue weighted by atomic mass is 10.0. The van der Waals surface area contributed by atoms with Crippen molar-refractivity contribution in [3.8, 4) is 11.3 Å². The molecule has 0 atom stereocenters. The largest absolute Gasteiger partial charge is 0.456 e. The van der Waals surface area contributed by atoms with Crippen molar-refractivity contribution in [2.45, 2.75) is 0 Å². The summed E-state index contributed by atoms with van der Waals surface area (Å²) in [6.45, 7) is 0. The van der Waals surface area contributed by atoms with Gasteiger partial charge in [0.25, 0.3) is 0 Å². The van der Waals surface area contributed by atoms with Gasteiger partial charge in [-0.2, -0.15) is 0 Å². The first-order valence-corrected chi connectivity index (χ1v) is 7.52. The van der Waals surface area contributed by atoms with Crippen LogP contribution in [0.25, 0.3) is 44.2 Å². The van der Waals surface area contributed by atoms with E-state index in [1.807, 2.05) is 60.8 Å². The maximum atomic E-state index is 5.95. The Morgan fingerprint density at radius 3 is 2.43 bits per heavy atom. The summed E-state index contributed by atoms with van der Waals surface area (Å²) in [5.41, 5.74) is 5.48. The van der Waals surface area contributed by atoms with Gasteiger partial charge in [-0.15, -0.1) is 0 Å². The highest BCUT2D eigenvalue weighted by Crippen LogP contribution is 2.35. The molecule has 0 aliphatic heterocycles. The third kappa shape index (κ3) is 1.83. The molecule has 0 aliphatic carbocycles. The average Bonchev–Trinajstić information content (AvgIpc) is 3.00. The predicted octanol–water partition coefficient (Wildman–Crippen LogP) is 5.20. The monoisotopic (exact) mass is 296 g/mol. The molecule has 3 nitrogen and oxygen atoms in total. The van der Waals surface area contributed by atoms with Crippen LogP contribution in [-0.2, 0) is 0 Å². The molecular formula is C20H12N2O. The Bertz CT molecular complexity index is 1170. The molecule has 108 valence electrons. The Balaban J connectivity index is 1.87. The topological polar surface area (TPSA) is 38.9 Å². The second-order valence-corrected chi connectivity index (χ2v) is 5.52. The van der Waals surface area contributed by atoms with Gasteiger partial charge in [-0.3, -0.25) is 4.98 Å². The van der Waals surface area contributed by atoms with E-state index < -0.39 is 0 Å². The first-order valence-electron chi connectivity index (χ1n) is 7.52. The summed E-state index contributed by atoms with van der Waals surface area (Å²) < 4.78 is 5.95. The van der Waals surface area contributed by atoms with Crippen LogP contribution in [0.3, 0.4) is 0 Å². The molecule has 0 N–H and O–H groups in total. The Labute approximate surface area is 132 Å². The van der Waals surface area contributed by atoms with E-state index >= 15 is 0 Å². The van der Waals surface area contributed by atoms with Gasteiger partial charge in [-0.05, 0) is 24.3 Å². The van der Waals surface area contributed by atoms with Crippen LogP contribution >= 0.6 is 0 Å². The van der Waals surface area contributed by atoms with Gasteiger partial charge in [0.1, 0.15) is 11.2 Å². The summed E-state index contributed by atoms with van der Waals surface area (Å²) in [4.78, 5) is 9.31. The number of rotatable bonds is 1. The van der Waals surface area contributed by atoms with Crippen molar-refractivity contribution in [3.63, 3.8) is 0 Å². The highest BCUT2D eigenvalue weighted by atomic mass is 16.3. The minimum Gasteiger partial charge on any atom is -0.456 e. The normalized spacial score (nSPS) is 11.5. The molecule has 0 fully saturated rings. The zero-order chi connectivity index (χ0) is 15.2. The standard InChI is InChI=1S/C20H12N2O/c1-4-10-18-14(6-1)20-13(7-5-11-19(20)23-18)17-12-21-15-8-2-3-9-16(15)22-17/h1-12H. The van der Waals surface area contributed by atoms with Crippen molar-refractivity contribution in [2.24, 2.45) is 0 Å². The molecule has 0 spiro atoms. The minimum absolute atomic E-state index is 0.862. The van der Waals surface area contributed by atoms with Gasteiger partial charge in [0.05, 0.1) is 22.9 Å². The Morgan fingerprint density at radius 1 is 0.696 bits per heavy atom. The second kappa shape index (κ2) is 4.65. The smallest absolute Gasteiger partial charge is 0.136 e. The van der Waals surface area contributed by atoms with E-state index in [0.717, 1.165) is 44.2 Å². The van der Waals surface area contributed by atoms with E-state index in [9.17, 15) is 0 Å². The third-order valence-electron chi connectivity index (χ3n) is 4.13. The van der Waals surface area contributed by atoms with Crippen LogP contribution in [0.4, 0.5) is 0 Å². The van der Waals surface area contributed by atoms with Crippen LogP contribution < -0.4 is 0 Å². The van der Waals surface area contributed by atoms with Crippen molar-refractivity contribution in [1.29, 1.82) is 0 Å². The lowest BCUT2D eigenvalue weighted by molar-refractivity contribution is 0.669. The van der Waals surface area contributed by atoms with Gasteiger partial charge in [0, 0.05) is 16.3 Å². The second-order valence-electron chi connectivity index (χ2n) is 5.52. The molecule has 0 saturated carbocycles. The summed E-state index contributed by atoms with van der Waals surface area (Å²) in [7, 11) is 0. The Morgan fingerprint density at radius 2 is 1.48 bits per heavy atom. The number of para-hydroxylation sites is 3. The molecule has 23 heavy (non-hydrogen) atoms. The molecule has 0 aliphatic rings. The van der Waals surface area contributed by atoms with E-state index in [1.54, 1.807) is 0 Å². The fourth-order valence-corrected chi connectivity index (χ4v) is 3.08. The summed E-state index contributed by atoms with van der Waals surface area (Å²) in [6.07, 6.45) is 1.83. The number of fused-ring (bicyclic) bond motifs is 4. The quantitative estimate of drug-likeness (QED) is 0.427. The van der Waals surface area contributed by atoms with Crippen LogP contribution in [-0.4, -0.2) is 9.97 Å². The lowest BCUT2D eigenvalue weighted by Gasteiger charge is -2.04. The molecule has 0 bridgehead atoms. The van der Waals surface area contributed by atoms with Gasteiger partial charge in [-0.1, -0.05) is 42.5 Å². The van der Waals surface area contributed by atoms with Crippen LogP contribution in [0.5, 0.6) is 0 Å². The number of hydrogen-bond donors (Lipinski definition) is 0. The molecule has 0 radical (unpaired) electrons. The average molecular weight is 296 g/mol. The third-order valence-corrected chi connectivity index (χ3v) is 4.13. The Hall–Kier alpha value is -3.20. The van der Waals surface area contributed by atoms with E-state index in [0.29, 0.717) is 0 Å². The minimum atomic E-state index is 0.862. The van der Waals surface area contributed by atoms with E-state index in [4.69, 9.17) is 9.40 Å². The van der Waals surface area contributed by atoms with Crippen LogP contribution in [0.1, 0.15) is 0 Å². The number of aromatic nitrogens is 2. The van der Waals surface area contributed by atoms with Crippen LogP contribution in [0.15, 0.2) is 77.3 Å². The van der Waals surface area contributed by atoms with Crippen molar-refractivity contribution in [1.82, 2.24) is 9.97 Å². The van der Waals surface area contributed by atoms with Crippen molar-refractivity contribution >= 4 is 33.0 Å². The van der Waals surface area contributed by atoms with Crippen molar-refractivity contribution in [2.75, 3.05) is 0 Å². The van der Waals surface area contributed by atoms with Crippen LogP contribution in [0, 0.1) is 0 Å². The zero-order valence-electron chi connectivity index (χ0n) is 12.2. The van der Waals surface area contributed by atoms with Crippen LogP contribution in [0.2, 0.25) is 0 Å². The summed E-state index contributed by atoms with van der Waals surface area (Å²) in [5, 5.41) is 2.20. The van der Waals surface area contributed by atoms with E-state index in [-0.39, 0.29) is 0 Å². The molecule has 2 heterocycles. The zero-order valence-corrected chi connectivity index (χ0v) is 12.2. The molecule has 0 amide bonds. The lowest BCUT2D eigenvalue weighted by Crippen LogP contribution is -1.88. The van der Waals surface area contributed by atoms with Gasteiger partial charge >= 0.3 is 0 Å². The fourth-order valence-electron chi connectivity index (χ4n) is 3.08. The summed E-state index contributed by atoms with van der Waals surface area (Å²) in [6, 6.07) is 22.1. The number of hydrogen-bond acceptors (Lipinski definition) is 3. The predicted molar refractivity (Wildman–Crippen MR) is 92.3 cm³/mol. The molecule has 3 heteroatoms. The number of furan rings is 1. The molecule has 0 unspecified atom stereocenters. The number of benzene rings is 3. The van der Waals surface area contributed by atoms with E-state index in [2.05, 4.69) is 17.1 Å². The number of nitrogens with zero attached hydrogens (tertiary/aromatic N) is 2. The molecule has 0 saturated heterocycles. The maximum Gasteiger partial charge on any atom is 0.136 e. The van der Waals surface area contributed by atoms with E-state index in [1.165, 1.54) is 0 Å². The summed E-state index contributed by atoms with van der Waals surface area (Å²) in [5.74, 6) is 0. The maximum absolute atomic E-state index is 5.95. The fraction of sp³-hybridized carbons (Fsp3) is 0. The first-order chi connectivity index (χ1) is 11.4. The van der Waals surface area contributed by atoms with Gasteiger partial charge in [0.2, 0.25) is 0 Å². The van der Waals surface area contributed by atoms with Gasteiger partial charge in [-0.25, -0.2) is 4.98 Å². The SMILES string of the molecule is c1ccc2nc(-c3cccc4oc5ccccc5c34)cnc2c1. The molecule has 2 aromatic heterocycles. The van der Waals surface area contributed by atoms with Crippen molar-refractivity contribution in [3.05, 3.63) is 72.9 Å². The highest BCUT2D eigenvalue weighted by Gasteiger charge is 2.13. The first kappa shape index (κ1) is 12.4. The molecular weight excluding hydrogens is 284 g/mol. The highest BCUT2D eigenvalue weighted by molar-refractivity contribution is 6.12.